The number of anilines is 1. The minimum atomic E-state index is -0.403. The van der Waals surface area contributed by atoms with E-state index in [4.69, 9.17) is 0 Å². The molecule has 0 aromatic carbocycles. The van der Waals surface area contributed by atoms with E-state index in [1.165, 1.54) is 6.07 Å². The molecule has 1 aliphatic heterocycles. The van der Waals surface area contributed by atoms with Crippen LogP contribution in [0.25, 0.3) is 16.7 Å². The van der Waals surface area contributed by atoms with Gasteiger partial charge < -0.3 is 14.6 Å². The summed E-state index contributed by atoms with van der Waals surface area (Å²) in [5, 5.41) is 3.53. The van der Waals surface area contributed by atoms with Crippen molar-refractivity contribution in [1.29, 1.82) is 0 Å². The molecule has 4 aromatic heterocycles. The monoisotopic (exact) mass is 415 g/mol. The highest BCUT2D eigenvalue weighted by Crippen LogP contribution is 2.25. The van der Waals surface area contributed by atoms with Crippen LogP contribution in [0.1, 0.15) is 30.7 Å². The minimum Gasteiger partial charge on any atom is -0.352 e. The molecule has 5 heterocycles. The van der Waals surface area contributed by atoms with Crippen molar-refractivity contribution in [2.75, 3.05) is 18.0 Å². The van der Waals surface area contributed by atoms with Crippen molar-refractivity contribution in [3.63, 3.8) is 0 Å². The molecule has 5 rings (SSSR count). The first-order valence-corrected chi connectivity index (χ1v) is 10.3. The molecular formula is C23H22FN7. The Morgan fingerprint density at radius 1 is 1.03 bits per heavy atom. The molecule has 31 heavy (non-hydrogen) atoms. The molecule has 0 bridgehead atoms. The van der Waals surface area contributed by atoms with Gasteiger partial charge in [0.15, 0.2) is 17.3 Å². The van der Waals surface area contributed by atoms with E-state index < -0.39 is 5.82 Å². The molecule has 0 spiro atoms. The lowest BCUT2D eigenvalue weighted by molar-refractivity contribution is 0.405. The lowest BCUT2D eigenvalue weighted by Gasteiger charge is -2.37. The number of hydrogen-bond acceptors (Lipinski definition) is 6. The highest BCUT2D eigenvalue weighted by molar-refractivity contribution is 5.89. The first-order valence-electron chi connectivity index (χ1n) is 10.3. The largest absolute Gasteiger partial charge is 0.352 e. The summed E-state index contributed by atoms with van der Waals surface area (Å²) >= 11 is 0. The summed E-state index contributed by atoms with van der Waals surface area (Å²) in [6.07, 6.45) is 8.60. The van der Waals surface area contributed by atoms with Gasteiger partial charge in [-0.15, -0.1) is 0 Å². The maximum atomic E-state index is 14.4. The van der Waals surface area contributed by atoms with E-state index in [0.717, 1.165) is 30.1 Å². The molecule has 1 N–H and O–H groups in total. The average molecular weight is 415 g/mol. The summed E-state index contributed by atoms with van der Waals surface area (Å²) in [7, 11) is 0. The second-order valence-electron chi connectivity index (χ2n) is 8.06. The maximum Gasteiger partial charge on any atom is 0.173 e. The normalized spacial score (nSPS) is 18.9. The van der Waals surface area contributed by atoms with Gasteiger partial charge in [0.2, 0.25) is 0 Å². The third kappa shape index (κ3) is 3.68. The third-order valence-corrected chi connectivity index (χ3v) is 5.31. The number of nitrogens with zero attached hydrogens (tertiary/aromatic N) is 6. The van der Waals surface area contributed by atoms with E-state index >= 15 is 0 Å². The number of fused-ring (bicyclic) bond motifs is 2. The van der Waals surface area contributed by atoms with Gasteiger partial charge >= 0.3 is 0 Å². The van der Waals surface area contributed by atoms with Crippen LogP contribution in [0.3, 0.4) is 0 Å². The SMILES string of the molecule is Cc1cn2cc(C#Cc3cnc(N4CC(C)NC(C)C4)c4nccnc34)cc(F)c2n1. The number of aryl methyl sites for hydroxylation is 1. The van der Waals surface area contributed by atoms with Crippen LogP contribution < -0.4 is 10.2 Å². The summed E-state index contributed by atoms with van der Waals surface area (Å²) in [6.45, 7) is 7.84. The van der Waals surface area contributed by atoms with Gasteiger partial charge in [0.05, 0.1) is 11.3 Å². The summed E-state index contributed by atoms with van der Waals surface area (Å²) in [5.41, 5.74) is 3.67. The lowest BCUT2D eigenvalue weighted by Crippen LogP contribution is -2.54. The molecule has 1 aliphatic rings. The van der Waals surface area contributed by atoms with Gasteiger partial charge in [-0.2, -0.15) is 0 Å². The number of pyridine rings is 2. The Morgan fingerprint density at radius 2 is 1.77 bits per heavy atom. The Morgan fingerprint density at radius 3 is 2.55 bits per heavy atom. The van der Waals surface area contributed by atoms with Gasteiger partial charge in [-0.25, -0.2) is 19.3 Å². The molecule has 1 saturated heterocycles. The van der Waals surface area contributed by atoms with Crippen LogP contribution in [0.15, 0.2) is 37.1 Å². The molecular weight excluding hydrogens is 393 g/mol. The molecule has 1 fully saturated rings. The van der Waals surface area contributed by atoms with E-state index in [1.54, 1.807) is 35.4 Å². The quantitative estimate of drug-likeness (QED) is 0.482. The fourth-order valence-corrected chi connectivity index (χ4v) is 4.16. The highest BCUT2D eigenvalue weighted by atomic mass is 19.1. The van der Waals surface area contributed by atoms with Crippen molar-refractivity contribution in [2.45, 2.75) is 32.9 Å². The van der Waals surface area contributed by atoms with E-state index in [0.29, 0.717) is 34.4 Å². The Hall–Kier alpha value is -3.57. The number of nitrogens with one attached hydrogen (secondary N) is 1. The van der Waals surface area contributed by atoms with Gasteiger partial charge in [0.1, 0.15) is 11.0 Å². The second-order valence-corrected chi connectivity index (χ2v) is 8.06. The van der Waals surface area contributed by atoms with Crippen LogP contribution in [0.5, 0.6) is 0 Å². The van der Waals surface area contributed by atoms with Gasteiger partial charge in [-0.05, 0) is 26.8 Å². The van der Waals surface area contributed by atoms with Gasteiger partial charge in [-0.1, -0.05) is 11.8 Å². The molecule has 156 valence electrons. The molecule has 2 atom stereocenters. The topological polar surface area (TPSA) is 71.2 Å². The predicted molar refractivity (Wildman–Crippen MR) is 117 cm³/mol. The Balaban J connectivity index is 1.55. The standard InChI is InChI=1S/C23H22FN7/c1-14-10-30(11-15(2)28-14)23-21-20(25-6-7-26-21)18(9-27-23)5-4-17-8-19(24)22-29-16(3)12-31(22)13-17/h6-9,12-15,28H,10-11H2,1-3H3. The van der Waals surface area contributed by atoms with Gasteiger partial charge in [0.25, 0.3) is 0 Å². The molecule has 0 aliphatic carbocycles. The van der Waals surface area contributed by atoms with Crippen molar-refractivity contribution < 1.29 is 4.39 Å². The molecule has 0 saturated carbocycles. The minimum absolute atomic E-state index is 0.296. The first-order chi connectivity index (χ1) is 15.0. The van der Waals surface area contributed by atoms with Crippen molar-refractivity contribution in [1.82, 2.24) is 29.7 Å². The van der Waals surface area contributed by atoms with Crippen molar-refractivity contribution in [3.05, 3.63) is 59.7 Å². The number of rotatable bonds is 1. The summed E-state index contributed by atoms with van der Waals surface area (Å²) in [5.74, 6) is 6.55. The summed E-state index contributed by atoms with van der Waals surface area (Å²) in [4.78, 5) is 20.2. The Kier molecular flexibility index (Phi) is 4.75. The Bertz CT molecular complexity index is 1340. The van der Waals surface area contributed by atoms with Crippen LogP contribution in [0.4, 0.5) is 10.2 Å². The van der Waals surface area contributed by atoms with E-state index in [2.05, 4.69) is 55.8 Å². The highest BCUT2D eigenvalue weighted by Gasteiger charge is 2.24. The number of imidazole rings is 1. The number of hydrogen-bond donors (Lipinski definition) is 1. The van der Waals surface area contributed by atoms with E-state index in [-0.39, 0.29) is 0 Å². The maximum absolute atomic E-state index is 14.4. The summed E-state index contributed by atoms with van der Waals surface area (Å²) < 4.78 is 16.0. The third-order valence-electron chi connectivity index (χ3n) is 5.31. The van der Waals surface area contributed by atoms with Crippen molar-refractivity contribution >= 4 is 22.5 Å². The van der Waals surface area contributed by atoms with Gasteiger partial charge in [0, 0.05) is 61.7 Å². The molecule has 4 aromatic rings. The number of aromatic nitrogens is 5. The zero-order valence-electron chi connectivity index (χ0n) is 17.6. The smallest absolute Gasteiger partial charge is 0.173 e. The van der Waals surface area contributed by atoms with E-state index in [1.807, 2.05) is 6.92 Å². The molecule has 7 nitrogen and oxygen atoms in total. The lowest BCUT2D eigenvalue weighted by atomic mass is 10.1. The second kappa shape index (κ2) is 7.60. The zero-order chi connectivity index (χ0) is 21.5. The molecule has 2 unspecified atom stereocenters. The van der Waals surface area contributed by atoms with Crippen molar-refractivity contribution in [3.8, 4) is 11.8 Å². The van der Waals surface area contributed by atoms with Crippen molar-refractivity contribution in [2.24, 2.45) is 0 Å². The van der Waals surface area contributed by atoms with Crippen LogP contribution in [0, 0.1) is 24.6 Å². The molecule has 8 heteroatoms. The zero-order valence-corrected chi connectivity index (χ0v) is 17.6. The fraction of sp³-hybridized carbons (Fsp3) is 0.304. The predicted octanol–water partition coefficient (Wildman–Crippen LogP) is 2.71. The fourth-order valence-electron chi connectivity index (χ4n) is 4.16. The van der Waals surface area contributed by atoms with Crippen LogP contribution >= 0.6 is 0 Å². The molecule has 0 radical (unpaired) electrons. The number of halogens is 1. The molecule has 0 amide bonds. The van der Waals surface area contributed by atoms with E-state index in [9.17, 15) is 4.39 Å². The van der Waals surface area contributed by atoms with Crippen LogP contribution in [0.2, 0.25) is 0 Å². The summed E-state index contributed by atoms with van der Waals surface area (Å²) in [6, 6.07) is 2.11. The van der Waals surface area contributed by atoms with Gasteiger partial charge in [-0.3, -0.25) is 4.98 Å². The van der Waals surface area contributed by atoms with Crippen LogP contribution in [-0.4, -0.2) is 49.5 Å². The average Bonchev–Trinajstić information content (AvgIpc) is 3.12. The number of piperazine rings is 1. The van der Waals surface area contributed by atoms with Crippen LogP contribution in [-0.2, 0) is 0 Å². The first kappa shape index (κ1) is 19.4. The Labute approximate surface area is 179 Å².